The fourth-order valence-electron chi connectivity index (χ4n) is 2.91. The van der Waals surface area contributed by atoms with E-state index in [1.165, 1.54) is 0 Å². The Balaban J connectivity index is 2.23. The third kappa shape index (κ3) is 2.21. The Morgan fingerprint density at radius 2 is 2.05 bits per heavy atom. The third-order valence-corrected chi connectivity index (χ3v) is 4.39. The average molecular weight is 279 g/mol. The van der Waals surface area contributed by atoms with Crippen molar-refractivity contribution in [3.8, 4) is 0 Å². The van der Waals surface area contributed by atoms with E-state index in [0.717, 1.165) is 0 Å². The zero-order chi connectivity index (χ0) is 15.1. The molecule has 0 spiro atoms. The van der Waals surface area contributed by atoms with Crippen molar-refractivity contribution in [1.82, 2.24) is 4.90 Å². The van der Waals surface area contributed by atoms with Gasteiger partial charge in [0.15, 0.2) is 0 Å². The highest BCUT2D eigenvalue weighted by molar-refractivity contribution is 5.96. The lowest BCUT2D eigenvalue weighted by Crippen LogP contribution is -2.40. The van der Waals surface area contributed by atoms with Crippen molar-refractivity contribution < 1.29 is 19.1 Å². The number of hydrogen-bond acceptors (Lipinski definition) is 3. The number of carboxylic acids is 1. The number of aryl methyl sites for hydroxylation is 2. The molecule has 2 heterocycles. The second-order valence-corrected chi connectivity index (χ2v) is 5.92. The molecule has 0 aromatic carbocycles. The maximum absolute atomic E-state index is 12.5. The molecule has 1 aliphatic heterocycles. The number of likely N-dealkylation sites (tertiary alicyclic amines) is 1. The molecule has 1 aliphatic rings. The summed E-state index contributed by atoms with van der Waals surface area (Å²) in [6, 6.07) is 1.72. The maximum Gasteiger partial charge on any atom is 0.311 e. The number of carboxylic acid groups (broad SMARTS) is 1. The van der Waals surface area contributed by atoms with Crippen molar-refractivity contribution in [2.75, 3.05) is 13.1 Å². The molecule has 1 fully saturated rings. The predicted octanol–water partition coefficient (Wildman–Crippen LogP) is 2.47. The van der Waals surface area contributed by atoms with Crippen LogP contribution in [0, 0.1) is 25.2 Å². The fourth-order valence-corrected chi connectivity index (χ4v) is 2.91. The Kier molecular flexibility index (Phi) is 3.63. The van der Waals surface area contributed by atoms with Crippen molar-refractivity contribution in [3.05, 3.63) is 23.2 Å². The molecule has 20 heavy (non-hydrogen) atoms. The first-order valence-corrected chi connectivity index (χ1v) is 6.87. The normalized spacial score (nSPS) is 22.6. The molecule has 110 valence electrons. The Bertz CT molecular complexity index is 546. The van der Waals surface area contributed by atoms with Gasteiger partial charge in [0.2, 0.25) is 0 Å². The molecule has 2 rings (SSSR count). The Morgan fingerprint density at radius 1 is 1.40 bits per heavy atom. The molecule has 1 unspecified atom stereocenters. The molecular formula is C15H21NO4. The standard InChI is InChI=1S/C15H21NO4/c1-9(2)15(14(18)19)5-6-16(8-15)13(17)12-7-10(3)20-11(12)4/h7,9H,5-6,8H2,1-4H3,(H,18,19). The van der Waals surface area contributed by atoms with Crippen LogP contribution in [0.4, 0.5) is 0 Å². The van der Waals surface area contributed by atoms with E-state index in [0.29, 0.717) is 30.0 Å². The Hall–Kier alpha value is -1.78. The van der Waals surface area contributed by atoms with Crippen LogP contribution < -0.4 is 0 Å². The summed E-state index contributed by atoms with van der Waals surface area (Å²) in [4.78, 5) is 25.7. The molecule has 0 bridgehead atoms. The fraction of sp³-hybridized carbons (Fsp3) is 0.600. The van der Waals surface area contributed by atoms with Crippen molar-refractivity contribution in [2.45, 2.75) is 34.1 Å². The topological polar surface area (TPSA) is 70.8 Å². The lowest BCUT2D eigenvalue weighted by Gasteiger charge is -2.28. The van der Waals surface area contributed by atoms with Crippen LogP contribution in [0.15, 0.2) is 10.5 Å². The highest BCUT2D eigenvalue weighted by Gasteiger charge is 2.48. The Labute approximate surface area is 118 Å². The van der Waals surface area contributed by atoms with Crippen molar-refractivity contribution in [2.24, 2.45) is 11.3 Å². The quantitative estimate of drug-likeness (QED) is 0.922. The van der Waals surface area contributed by atoms with Crippen LogP contribution in [0.3, 0.4) is 0 Å². The van der Waals surface area contributed by atoms with Crippen LogP contribution in [-0.2, 0) is 4.79 Å². The van der Waals surface area contributed by atoms with Gasteiger partial charge in [-0.1, -0.05) is 13.8 Å². The molecule has 0 aliphatic carbocycles. The molecule has 1 saturated heterocycles. The minimum atomic E-state index is -0.831. The van der Waals surface area contributed by atoms with E-state index in [4.69, 9.17) is 4.42 Å². The lowest BCUT2D eigenvalue weighted by atomic mass is 9.76. The SMILES string of the molecule is Cc1cc(C(=O)N2CCC(C(=O)O)(C(C)C)C2)c(C)o1. The van der Waals surface area contributed by atoms with Gasteiger partial charge in [-0.05, 0) is 32.3 Å². The maximum atomic E-state index is 12.5. The molecule has 0 saturated carbocycles. The second kappa shape index (κ2) is 4.96. The lowest BCUT2D eigenvalue weighted by molar-refractivity contribution is -0.150. The number of carbonyl (C=O) groups excluding carboxylic acids is 1. The number of aliphatic carboxylic acids is 1. The van der Waals surface area contributed by atoms with Crippen molar-refractivity contribution >= 4 is 11.9 Å². The largest absolute Gasteiger partial charge is 0.481 e. The van der Waals surface area contributed by atoms with Gasteiger partial charge in [0, 0.05) is 13.1 Å². The van der Waals surface area contributed by atoms with Crippen LogP contribution >= 0.6 is 0 Å². The number of rotatable bonds is 3. The van der Waals surface area contributed by atoms with Gasteiger partial charge in [-0.3, -0.25) is 9.59 Å². The van der Waals surface area contributed by atoms with E-state index in [2.05, 4.69) is 0 Å². The predicted molar refractivity (Wildman–Crippen MR) is 73.6 cm³/mol. The molecule has 5 heteroatoms. The molecule has 0 radical (unpaired) electrons. The summed E-state index contributed by atoms with van der Waals surface area (Å²) in [7, 11) is 0. The zero-order valence-corrected chi connectivity index (χ0v) is 12.4. The van der Waals surface area contributed by atoms with E-state index < -0.39 is 11.4 Å². The number of amides is 1. The second-order valence-electron chi connectivity index (χ2n) is 5.92. The minimum Gasteiger partial charge on any atom is -0.481 e. The number of furan rings is 1. The first-order chi connectivity index (χ1) is 9.28. The van der Waals surface area contributed by atoms with E-state index in [1.54, 1.807) is 24.8 Å². The van der Waals surface area contributed by atoms with E-state index >= 15 is 0 Å². The molecule has 1 N–H and O–H groups in total. The van der Waals surface area contributed by atoms with Crippen LogP contribution in [0.25, 0.3) is 0 Å². The van der Waals surface area contributed by atoms with Gasteiger partial charge in [0.25, 0.3) is 5.91 Å². The van der Waals surface area contributed by atoms with E-state index in [9.17, 15) is 14.7 Å². The molecule has 5 nitrogen and oxygen atoms in total. The van der Waals surface area contributed by atoms with Gasteiger partial charge < -0.3 is 14.4 Å². The van der Waals surface area contributed by atoms with Gasteiger partial charge in [-0.2, -0.15) is 0 Å². The van der Waals surface area contributed by atoms with Gasteiger partial charge in [0.05, 0.1) is 11.0 Å². The first-order valence-electron chi connectivity index (χ1n) is 6.87. The number of nitrogens with zero attached hydrogens (tertiary/aromatic N) is 1. The monoisotopic (exact) mass is 279 g/mol. The molecule has 1 atom stereocenters. The summed E-state index contributed by atoms with van der Waals surface area (Å²) in [5, 5.41) is 9.51. The average Bonchev–Trinajstić information content (AvgIpc) is 2.93. The third-order valence-electron chi connectivity index (χ3n) is 4.39. The summed E-state index contributed by atoms with van der Waals surface area (Å²) in [5.41, 5.74) is -0.296. The summed E-state index contributed by atoms with van der Waals surface area (Å²) < 4.78 is 5.38. The van der Waals surface area contributed by atoms with Gasteiger partial charge in [-0.15, -0.1) is 0 Å². The number of hydrogen-bond donors (Lipinski definition) is 1. The summed E-state index contributed by atoms with van der Waals surface area (Å²) in [5.74, 6) is 0.319. The first kappa shape index (κ1) is 14.6. The highest BCUT2D eigenvalue weighted by Crippen LogP contribution is 2.38. The summed E-state index contributed by atoms with van der Waals surface area (Å²) in [6.07, 6.45) is 0.502. The molecule has 1 amide bonds. The van der Waals surface area contributed by atoms with Crippen molar-refractivity contribution in [1.29, 1.82) is 0 Å². The van der Waals surface area contributed by atoms with Crippen LogP contribution in [0.5, 0.6) is 0 Å². The summed E-state index contributed by atoms with van der Waals surface area (Å²) >= 11 is 0. The van der Waals surface area contributed by atoms with E-state index in [1.807, 2.05) is 13.8 Å². The van der Waals surface area contributed by atoms with Gasteiger partial charge >= 0.3 is 5.97 Å². The highest BCUT2D eigenvalue weighted by atomic mass is 16.4. The van der Waals surface area contributed by atoms with Gasteiger partial charge in [-0.25, -0.2) is 0 Å². The zero-order valence-electron chi connectivity index (χ0n) is 12.4. The van der Waals surface area contributed by atoms with Crippen LogP contribution in [0.1, 0.15) is 42.1 Å². The van der Waals surface area contributed by atoms with E-state index in [-0.39, 0.29) is 18.4 Å². The Morgan fingerprint density at radius 3 is 2.45 bits per heavy atom. The van der Waals surface area contributed by atoms with Crippen LogP contribution in [-0.4, -0.2) is 35.0 Å². The van der Waals surface area contributed by atoms with Gasteiger partial charge in [0.1, 0.15) is 11.5 Å². The van der Waals surface area contributed by atoms with Crippen molar-refractivity contribution in [3.63, 3.8) is 0 Å². The van der Waals surface area contributed by atoms with Crippen LogP contribution in [0.2, 0.25) is 0 Å². The smallest absolute Gasteiger partial charge is 0.311 e. The molecule has 1 aromatic heterocycles. The number of carbonyl (C=O) groups is 2. The molecular weight excluding hydrogens is 258 g/mol. The molecule has 1 aromatic rings. The summed E-state index contributed by atoms with van der Waals surface area (Å²) in [6.45, 7) is 8.09. The minimum absolute atomic E-state index is 0.00928.